The van der Waals surface area contributed by atoms with Gasteiger partial charge in [-0.15, -0.1) is 10.2 Å². The first-order valence-corrected chi connectivity index (χ1v) is 9.43. The molecule has 3 aromatic rings. The summed E-state index contributed by atoms with van der Waals surface area (Å²) in [6.45, 7) is 7.11. The lowest BCUT2D eigenvalue weighted by atomic mass is 10.1. The van der Waals surface area contributed by atoms with Gasteiger partial charge < -0.3 is 10.1 Å². The first-order chi connectivity index (χ1) is 13.9. The first kappa shape index (κ1) is 20.4. The van der Waals surface area contributed by atoms with Crippen LogP contribution in [0.4, 0.5) is 4.39 Å². The number of rotatable bonds is 8. The average molecular weight is 397 g/mol. The van der Waals surface area contributed by atoms with Crippen LogP contribution in [0.3, 0.4) is 0 Å². The number of aryl methyl sites for hydroxylation is 2. The Hall–Kier alpha value is -3.29. The largest absolute Gasteiger partial charge is 0.493 e. The normalized spacial score (nSPS) is 10.8. The number of benzene rings is 2. The van der Waals surface area contributed by atoms with E-state index in [4.69, 9.17) is 4.74 Å². The number of tetrazole rings is 1. The fourth-order valence-electron chi connectivity index (χ4n) is 2.84. The Morgan fingerprint density at radius 3 is 2.69 bits per heavy atom. The molecule has 3 rings (SSSR count). The van der Waals surface area contributed by atoms with Crippen molar-refractivity contribution in [3.63, 3.8) is 0 Å². The minimum atomic E-state index is -0.336. The van der Waals surface area contributed by atoms with E-state index in [0.29, 0.717) is 31.0 Å². The lowest BCUT2D eigenvalue weighted by Crippen LogP contribution is -2.30. The molecule has 1 amide bonds. The lowest BCUT2D eigenvalue weighted by molar-refractivity contribution is -0.122. The number of nitrogens with zero attached hydrogens (tertiary/aromatic N) is 4. The fourth-order valence-corrected chi connectivity index (χ4v) is 2.84. The zero-order valence-electron chi connectivity index (χ0n) is 16.8. The predicted molar refractivity (Wildman–Crippen MR) is 107 cm³/mol. The summed E-state index contributed by atoms with van der Waals surface area (Å²) in [6.07, 6.45) is 0.684. The predicted octanol–water partition coefficient (Wildman–Crippen LogP) is 2.99. The highest BCUT2D eigenvalue weighted by molar-refractivity contribution is 5.75. The number of carbonyl (C=O) groups is 1. The van der Waals surface area contributed by atoms with Gasteiger partial charge >= 0.3 is 0 Å². The van der Waals surface area contributed by atoms with Gasteiger partial charge in [0.05, 0.1) is 6.61 Å². The number of amides is 1. The Morgan fingerprint density at radius 1 is 1.17 bits per heavy atom. The number of ether oxygens (including phenoxy) is 1. The van der Waals surface area contributed by atoms with E-state index in [1.807, 2.05) is 19.9 Å². The molecule has 1 N–H and O–H groups in total. The lowest BCUT2D eigenvalue weighted by Gasteiger charge is -2.12. The molecular weight excluding hydrogens is 373 g/mol. The summed E-state index contributed by atoms with van der Waals surface area (Å²) in [6, 6.07) is 9.93. The van der Waals surface area contributed by atoms with Crippen molar-refractivity contribution in [2.24, 2.45) is 0 Å². The van der Waals surface area contributed by atoms with E-state index < -0.39 is 0 Å². The second-order valence-corrected chi connectivity index (χ2v) is 6.91. The maximum Gasteiger partial charge on any atom is 0.243 e. The monoisotopic (exact) mass is 397 g/mol. The summed E-state index contributed by atoms with van der Waals surface area (Å²) in [7, 11) is 0. The molecule has 29 heavy (non-hydrogen) atoms. The van der Waals surface area contributed by atoms with Crippen LogP contribution in [0.2, 0.25) is 0 Å². The average Bonchev–Trinajstić information content (AvgIpc) is 3.14. The first-order valence-electron chi connectivity index (χ1n) is 9.43. The van der Waals surface area contributed by atoms with E-state index in [1.165, 1.54) is 22.5 Å². The van der Waals surface area contributed by atoms with Gasteiger partial charge in [0.15, 0.2) is 0 Å². The molecule has 8 heteroatoms. The van der Waals surface area contributed by atoms with Crippen LogP contribution in [-0.2, 0) is 11.3 Å². The number of aromatic nitrogens is 4. The van der Waals surface area contributed by atoms with Crippen LogP contribution in [0.25, 0.3) is 11.4 Å². The van der Waals surface area contributed by atoms with Gasteiger partial charge in [-0.2, -0.15) is 4.80 Å². The third-order valence-corrected chi connectivity index (χ3v) is 4.51. The van der Waals surface area contributed by atoms with E-state index in [0.717, 1.165) is 16.9 Å². The zero-order valence-corrected chi connectivity index (χ0v) is 16.8. The van der Waals surface area contributed by atoms with Crippen molar-refractivity contribution in [3.8, 4) is 17.1 Å². The number of hydrogen-bond acceptors (Lipinski definition) is 5. The third kappa shape index (κ3) is 5.60. The van der Waals surface area contributed by atoms with E-state index in [1.54, 1.807) is 12.1 Å². The third-order valence-electron chi connectivity index (χ3n) is 4.51. The minimum absolute atomic E-state index is 0.0365. The van der Waals surface area contributed by atoms with Gasteiger partial charge in [0.2, 0.25) is 11.7 Å². The number of hydrogen-bond donors (Lipinski definition) is 1. The summed E-state index contributed by atoms with van der Waals surface area (Å²) >= 11 is 0. The molecule has 0 radical (unpaired) electrons. The van der Waals surface area contributed by atoms with Gasteiger partial charge in [0.25, 0.3) is 0 Å². The molecule has 0 unspecified atom stereocenters. The van der Waals surface area contributed by atoms with Crippen LogP contribution >= 0.6 is 0 Å². The van der Waals surface area contributed by atoms with Crippen LogP contribution in [0.15, 0.2) is 36.4 Å². The number of carbonyl (C=O) groups excluding carboxylic acids is 1. The summed E-state index contributed by atoms with van der Waals surface area (Å²) in [4.78, 5) is 13.3. The van der Waals surface area contributed by atoms with Gasteiger partial charge in [0, 0.05) is 12.1 Å². The Labute approximate surface area is 168 Å². The van der Waals surface area contributed by atoms with Gasteiger partial charge in [0.1, 0.15) is 18.1 Å². The molecule has 1 aromatic heterocycles. The molecule has 0 aliphatic carbocycles. The molecule has 0 spiro atoms. The molecular formula is C21H24FN5O2. The smallest absolute Gasteiger partial charge is 0.243 e. The molecule has 0 bridgehead atoms. The molecule has 0 saturated carbocycles. The Balaban J connectivity index is 1.41. The Morgan fingerprint density at radius 2 is 1.93 bits per heavy atom. The molecule has 1 heterocycles. The summed E-state index contributed by atoms with van der Waals surface area (Å²) in [5.74, 6) is 0.678. The second-order valence-electron chi connectivity index (χ2n) is 6.91. The maximum absolute atomic E-state index is 13.0. The van der Waals surface area contributed by atoms with Crippen molar-refractivity contribution >= 4 is 5.91 Å². The molecule has 7 nitrogen and oxygen atoms in total. The van der Waals surface area contributed by atoms with E-state index in [2.05, 4.69) is 33.7 Å². The maximum atomic E-state index is 13.0. The molecule has 2 aromatic carbocycles. The van der Waals surface area contributed by atoms with Gasteiger partial charge in [-0.1, -0.05) is 6.07 Å². The quantitative estimate of drug-likeness (QED) is 0.591. The number of nitrogens with one attached hydrogen (secondary N) is 1. The summed E-state index contributed by atoms with van der Waals surface area (Å²) in [5.41, 5.74) is 4.14. The molecule has 152 valence electrons. The number of halogens is 1. The van der Waals surface area contributed by atoms with E-state index in [9.17, 15) is 9.18 Å². The van der Waals surface area contributed by atoms with Crippen LogP contribution in [-0.4, -0.2) is 39.3 Å². The molecule has 0 saturated heterocycles. The van der Waals surface area contributed by atoms with Gasteiger partial charge in [-0.3, -0.25) is 4.79 Å². The Kier molecular flexibility index (Phi) is 6.54. The van der Waals surface area contributed by atoms with Crippen molar-refractivity contribution in [3.05, 3.63) is 58.9 Å². The van der Waals surface area contributed by atoms with Crippen molar-refractivity contribution in [2.45, 2.75) is 33.7 Å². The van der Waals surface area contributed by atoms with Crippen LogP contribution in [0.5, 0.6) is 5.75 Å². The van der Waals surface area contributed by atoms with Gasteiger partial charge in [-0.25, -0.2) is 4.39 Å². The van der Waals surface area contributed by atoms with Crippen molar-refractivity contribution < 1.29 is 13.9 Å². The van der Waals surface area contributed by atoms with Crippen molar-refractivity contribution in [2.75, 3.05) is 13.2 Å². The Bertz CT molecular complexity index is 985. The summed E-state index contributed by atoms with van der Waals surface area (Å²) in [5, 5.41) is 14.7. The highest BCUT2D eigenvalue weighted by Gasteiger charge is 2.09. The van der Waals surface area contributed by atoms with Crippen molar-refractivity contribution in [1.82, 2.24) is 25.5 Å². The second kappa shape index (κ2) is 9.27. The van der Waals surface area contributed by atoms with Crippen molar-refractivity contribution in [1.29, 1.82) is 0 Å². The van der Waals surface area contributed by atoms with E-state index >= 15 is 0 Å². The fraction of sp³-hybridized carbons (Fsp3) is 0.333. The summed E-state index contributed by atoms with van der Waals surface area (Å²) < 4.78 is 18.8. The highest BCUT2D eigenvalue weighted by atomic mass is 19.1. The van der Waals surface area contributed by atoms with Crippen LogP contribution < -0.4 is 10.1 Å². The van der Waals surface area contributed by atoms with Crippen LogP contribution in [0, 0.1) is 26.6 Å². The standard InChI is InChI=1S/C21H24FN5O2/c1-14-11-15(2)16(3)19(12-14)29-10-4-9-23-20(28)13-27-25-21(24-26-27)17-5-7-18(22)8-6-17/h5-8,11-12H,4,9-10,13H2,1-3H3,(H,23,28). The van der Waals surface area contributed by atoms with Gasteiger partial charge in [-0.05, 0) is 79.4 Å². The topological polar surface area (TPSA) is 81.9 Å². The molecule has 0 atom stereocenters. The molecule has 0 aliphatic rings. The highest BCUT2D eigenvalue weighted by Crippen LogP contribution is 2.23. The molecule has 0 aliphatic heterocycles. The van der Waals surface area contributed by atoms with Crippen LogP contribution in [0.1, 0.15) is 23.1 Å². The minimum Gasteiger partial charge on any atom is -0.493 e. The van der Waals surface area contributed by atoms with E-state index in [-0.39, 0.29) is 18.3 Å². The SMILES string of the molecule is Cc1cc(C)c(C)c(OCCCNC(=O)Cn2nnc(-c3ccc(F)cc3)n2)c1. The zero-order chi connectivity index (χ0) is 20.8. The molecule has 0 fully saturated rings.